The van der Waals surface area contributed by atoms with Crippen molar-refractivity contribution in [3.8, 4) is 16.4 Å². The smallest absolute Gasteiger partial charge is 0.145 e. The maximum atomic E-state index is 11.4. The zero-order valence-electron chi connectivity index (χ0n) is 27.9. The third-order valence-corrected chi connectivity index (χ3v) is 9.51. The van der Waals surface area contributed by atoms with E-state index in [1.54, 1.807) is 23.7 Å². The molecule has 1 aliphatic rings. The largest absolute Gasteiger partial charge is 0.508 e. The number of hydrogen-bond acceptors (Lipinski definition) is 9. The molecule has 3 aromatic rings. The predicted molar refractivity (Wildman–Crippen MR) is 183 cm³/mol. The van der Waals surface area contributed by atoms with E-state index in [2.05, 4.69) is 32.7 Å². The van der Waals surface area contributed by atoms with Gasteiger partial charge in [-0.1, -0.05) is 65.0 Å². The Balaban J connectivity index is 1.69. The van der Waals surface area contributed by atoms with Gasteiger partial charge < -0.3 is 33.2 Å². The molecule has 1 aliphatic heterocycles. The molecule has 0 saturated carbocycles. The number of rotatable bonds is 21. The predicted octanol–water partition coefficient (Wildman–Crippen LogP) is 9.17. The molecule has 0 bridgehead atoms. The first-order valence-electron chi connectivity index (χ1n) is 17.1. The molecule has 0 aliphatic carbocycles. The van der Waals surface area contributed by atoms with Crippen LogP contribution in [0.1, 0.15) is 101 Å². The normalized spacial score (nSPS) is 21.6. The molecule has 1 aromatic carbocycles. The number of ether oxygens (including phenoxy) is 5. The highest BCUT2D eigenvalue weighted by atomic mass is 35.5. The minimum atomic E-state index is -0.625. The molecule has 256 valence electrons. The van der Waals surface area contributed by atoms with Crippen molar-refractivity contribution in [2.75, 3.05) is 33.0 Å². The topological polar surface area (TPSA) is 92.4 Å². The highest BCUT2D eigenvalue weighted by molar-refractivity contribution is 7.15. The number of halogens is 1. The van der Waals surface area contributed by atoms with E-state index in [0.717, 1.165) is 72.6 Å². The zero-order chi connectivity index (χ0) is 32.7. The molecule has 0 radical (unpaired) electrons. The Morgan fingerprint density at radius 3 is 2.17 bits per heavy atom. The van der Waals surface area contributed by atoms with Gasteiger partial charge in [-0.3, -0.25) is 0 Å². The number of benzene rings is 1. The molecule has 1 fully saturated rings. The van der Waals surface area contributed by atoms with Gasteiger partial charge in [0.05, 0.1) is 22.8 Å². The van der Waals surface area contributed by atoms with Crippen molar-refractivity contribution >= 4 is 22.9 Å². The van der Waals surface area contributed by atoms with E-state index in [1.165, 1.54) is 0 Å². The van der Waals surface area contributed by atoms with Crippen LogP contribution in [0.25, 0.3) is 10.6 Å². The summed E-state index contributed by atoms with van der Waals surface area (Å²) in [5.41, 5.74) is 1.45. The van der Waals surface area contributed by atoms with Gasteiger partial charge >= 0.3 is 0 Å². The van der Waals surface area contributed by atoms with Crippen molar-refractivity contribution in [2.45, 2.75) is 116 Å². The van der Waals surface area contributed by atoms with E-state index in [-0.39, 0.29) is 11.9 Å². The van der Waals surface area contributed by atoms with Crippen LogP contribution in [-0.2, 0) is 30.1 Å². The molecule has 0 unspecified atom stereocenters. The molecular formula is C36H52ClNO7S. The van der Waals surface area contributed by atoms with Gasteiger partial charge in [0.2, 0.25) is 0 Å². The van der Waals surface area contributed by atoms with Crippen LogP contribution in [0, 0.1) is 0 Å². The molecule has 46 heavy (non-hydrogen) atoms. The Bertz CT molecular complexity index is 1270. The summed E-state index contributed by atoms with van der Waals surface area (Å²) in [5, 5.41) is 12.7. The summed E-state index contributed by atoms with van der Waals surface area (Å²) in [5.74, 6) is 0.836. The molecular weight excluding hydrogens is 626 g/mol. The Morgan fingerprint density at radius 1 is 0.870 bits per heavy atom. The number of phenolic OH excluding ortho intramolecular Hbond substituents is 1. The summed E-state index contributed by atoms with van der Waals surface area (Å²) in [6.45, 7) is 11.3. The van der Waals surface area contributed by atoms with Gasteiger partial charge in [-0.25, -0.2) is 4.98 Å². The second-order valence-corrected chi connectivity index (χ2v) is 13.4. The fourth-order valence-electron chi connectivity index (χ4n) is 5.49. The molecule has 4 rings (SSSR count). The van der Waals surface area contributed by atoms with Crippen molar-refractivity contribution < 1.29 is 33.2 Å². The number of phenols is 1. The zero-order valence-corrected chi connectivity index (χ0v) is 29.5. The molecule has 8 nitrogen and oxygen atoms in total. The molecule has 1 N–H and O–H groups in total. The molecule has 2 aromatic heterocycles. The number of unbranched alkanes of at least 4 members (excludes halogenated alkanes) is 4. The lowest BCUT2D eigenvalue weighted by molar-refractivity contribution is -0.268. The number of nitrogens with zero attached hydrogens (tertiary/aromatic N) is 1. The Labute approximate surface area is 283 Å². The molecule has 0 spiro atoms. The third-order valence-electron chi connectivity index (χ3n) is 8.14. The van der Waals surface area contributed by atoms with Crippen molar-refractivity contribution in [1.82, 2.24) is 4.98 Å². The van der Waals surface area contributed by atoms with Crippen LogP contribution >= 0.6 is 22.9 Å². The summed E-state index contributed by atoms with van der Waals surface area (Å²) in [6.07, 6.45) is 9.44. The first-order chi connectivity index (χ1) is 22.5. The fourth-order valence-corrected chi connectivity index (χ4v) is 6.62. The highest BCUT2D eigenvalue weighted by Gasteiger charge is 2.49. The minimum absolute atomic E-state index is 0.0570. The quantitative estimate of drug-likeness (QED) is 0.112. The third kappa shape index (κ3) is 10.3. The SMILES string of the molecule is CCCCOC[C@H]1O[C@@H](c2cc(Cc3ncc(-c4ccco4)s3)c(Cl)cc2O)[C@H](OCCCC)[C@@H](OCCCC)[C@@H]1OCCCC. The van der Waals surface area contributed by atoms with Gasteiger partial charge in [0, 0.05) is 49.6 Å². The average molecular weight is 678 g/mol. The fraction of sp³-hybridized carbons (Fsp3) is 0.639. The second-order valence-electron chi connectivity index (χ2n) is 11.9. The number of thiazole rings is 1. The van der Waals surface area contributed by atoms with Gasteiger partial charge in [-0.05, 0) is 55.5 Å². The molecule has 0 amide bonds. The summed E-state index contributed by atoms with van der Waals surface area (Å²) >= 11 is 8.28. The molecule has 5 atom stereocenters. The lowest BCUT2D eigenvalue weighted by Gasteiger charge is -2.46. The van der Waals surface area contributed by atoms with Crippen LogP contribution < -0.4 is 0 Å². The number of aromatic hydroxyl groups is 1. The number of hydrogen-bond donors (Lipinski definition) is 1. The van der Waals surface area contributed by atoms with Gasteiger partial charge in [-0.2, -0.15) is 0 Å². The van der Waals surface area contributed by atoms with Crippen molar-refractivity contribution in [1.29, 1.82) is 0 Å². The first-order valence-corrected chi connectivity index (χ1v) is 18.3. The van der Waals surface area contributed by atoms with E-state index < -0.39 is 24.4 Å². The Hall–Kier alpha value is -1.98. The van der Waals surface area contributed by atoms with Crippen LogP contribution in [0.5, 0.6) is 5.75 Å². The second kappa shape index (κ2) is 19.7. The van der Waals surface area contributed by atoms with Crippen molar-refractivity contribution in [3.05, 3.63) is 57.9 Å². The Kier molecular flexibility index (Phi) is 15.8. The van der Waals surface area contributed by atoms with Gasteiger partial charge in [0.1, 0.15) is 42.0 Å². The summed E-state index contributed by atoms with van der Waals surface area (Å²) in [6, 6.07) is 7.32. The van der Waals surface area contributed by atoms with Crippen molar-refractivity contribution in [3.63, 3.8) is 0 Å². The van der Waals surface area contributed by atoms with Crippen LogP contribution in [0.3, 0.4) is 0 Å². The lowest BCUT2D eigenvalue weighted by atomic mass is 9.89. The minimum Gasteiger partial charge on any atom is -0.508 e. The summed E-state index contributed by atoms with van der Waals surface area (Å²) in [4.78, 5) is 5.57. The van der Waals surface area contributed by atoms with E-state index in [4.69, 9.17) is 39.7 Å². The summed E-state index contributed by atoms with van der Waals surface area (Å²) in [7, 11) is 0. The number of aromatic nitrogens is 1. The van der Waals surface area contributed by atoms with Crippen LogP contribution in [-0.4, -0.2) is 67.5 Å². The van der Waals surface area contributed by atoms with Gasteiger partial charge in [-0.15, -0.1) is 11.3 Å². The van der Waals surface area contributed by atoms with Crippen molar-refractivity contribution in [2.24, 2.45) is 0 Å². The van der Waals surface area contributed by atoms with E-state index in [9.17, 15) is 5.11 Å². The molecule has 10 heteroatoms. The van der Waals surface area contributed by atoms with E-state index in [1.807, 2.05) is 24.4 Å². The van der Waals surface area contributed by atoms with Crippen LogP contribution in [0.15, 0.2) is 41.1 Å². The van der Waals surface area contributed by atoms with E-state index >= 15 is 0 Å². The average Bonchev–Trinajstić information content (AvgIpc) is 3.75. The summed E-state index contributed by atoms with van der Waals surface area (Å²) < 4.78 is 38.3. The molecule has 3 heterocycles. The maximum Gasteiger partial charge on any atom is 0.145 e. The number of furan rings is 1. The molecule has 1 saturated heterocycles. The lowest BCUT2D eigenvalue weighted by Crippen LogP contribution is -2.58. The standard InChI is InChI=1S/C36H52ClNO7S/c1-5-9-15-40-24-30-34(42-16-10-6-2)36(44-18-12-8-4)35(43-17-11-7-3)33(45-30)26-20-25(27(37)22-28(26)39)21-32-38-23-31(46-32)29-14-13-19-41-29/h13-14,19-20,22-23,30,33-36,39H,5-12,15-18,21,24H2,1-4H3/t30-,33+,34-,35+,36+/m1/s1. The van der Waals surface area contributed by atoms with Gasteiger partial charge in [0.25, 0.3) is 0 Å². The monoisotopic (exact) mass is 677 g/mol. The van der Waals surface area contributed by atoms with E-state index in [0.29, 0.717) is 50.0 Å². The van der Waals surface area contributed by atoms with Crippen LogP contribution in [0.2, 0.25) is 5.02 Å². The highest BCUT2D eigenvalue weighted by Crippen LogP contribution is 2.43. The first kappa shape index (κ1) is 36.8. The Morgan fingerprint density at radius 2 is 1.52 bits per heavy atom. The maximum absolute atomic E-state index is 11.4. The van der Waals surface area contributed by atoms with Crippen LogP contribution in [0.4, 0.5) is 0 Å². The van der Waals surface area contributed by atoms with Gasteiger partial charge in [0.15, 0.2) is 0 Å².